The van der Waals surface area contributed by atoms with Crippen LogP contribution in [0.5, 0.6) is 0 Å². The molecule has 2 heterocycles. The molecule has 2 aromatic carbocycles. The van der Waals surface area contributed by atoms with Crippen molar-refractivity contribution in [2.75, 3.05) is 50.6 Å². The molecule has 1 aliphatic heterocycles. The lowest BCUT2D eigenvalue weighted by Gasteiger charge is -2.28. The Balaban J connectivity index is 0.00000289. The Kier molecular flexibility index (Phi) is 7.52. The normalized spacial score (nSPS) is 14.6. The maximum atomic E-state index is 13.3. The largest absolute Gasteiger partial charge is 0.378 e. The van der Waals surface area contributed by atoms with Crippen LogP contribution in [0.4, 0.5) is 15.9 Å². The monoisotopic (exact) mass is 457 g/mol. The van der Waals surface area contributed by atoms with E-state index in [0.29, 0.717) is 35.5 Å². The lowest BCUT2D eigenvalue weighted by Crippen LogP contribution is -2.36. The lowest BCUT2D eigenvalue weighted by atomic mass is 10.1. The topological polar surface area (TPSA) is 70.6 Å². The number of nitrogens with one attached hydrogen (secondary N) is 1. The number of carbonyl (C=O) groups is 1. The second-order valence-electron chi connectivity index (χ2n) is 7.84. The Morgan fingerprint density at radius 1 is 1.19 bits per heavy atom. The number of hydrogen-bond donors (Lipinski definition) is 1. The van der Waals surface area contributed by atoms with Crippen LogP contribution in [0, 0.1) is 5.82 Å². The summed E-state index contributed by atoms with van der Waals surface area (Å²) in [6, 6.07) is 9.82. The number of benzene rings is 2. The molecule has 1 saturated heterocycles. The first-order valence-corrected chi connectivity index (χ1v) is 10.3. The number of fused-ring (bicyclic) bond motifs is 1. The molecule has 32 heavy (non-hydrogen) atoms. The van der Waals surface area contributed by atoms with Crippen molar-refractivity contribution < 1.29 is 13.9 Å². The Labute approximate surface area is 194 Å². The fraction of sp³-hybridized carbons (Fsp3) is 0.348. The first-order valence-electron chi connectivity index (χ1n) is 10.3. The second-order valence-corrected chi connectivity index (χ2v) is 7.84. The highest BCUT2D eigenvalue weighted by Gasteiger charge is 2.18. The SMILES string of the molecule is C[C@H](Nc1cc(C(=O)N(C)C)cc2ncc(N3CCOCC3)nc12)c1ccc(F)cc1.S. The molecule has 1 fully saturated rings. The molecule has 0 bridgehead atoms. The number of hydrogen-bond acceptors (Lipinski definition) is 6. The number of halogens is 1. The third-order valence-corrected chi connectivity index (χ3v) is 5.37. The van der Waals surface area contributed by atoms with Crippen LogP contribution in [0.25, 0.3) is 11.0 Å². The van der Waals surface area contributed by atoms with E-state index in [-0.39, 0.29) is 31.3 Å². The minimum absolute atomic E-state index is 0. The van der Waals surface area contributed by atoms with Gasteiger partial charge in [-0.3, -0.25) is 9.78 Å². The Morgan fingerprint density at radius 3 is 2.53 bits per heavy atom. The van der Waals surface area contributed by atoms with Gasteiger partial charge in [-0.25, -0.2) is 9.37 Å². The van der Waals surface area contributed by atoms with Crippen LogP contribution in [0.1, 0.15) is 28.9 Å². The maximum absolute atomic E-state index is 13.3. The first kappa shape index (κ1) is 23.7. The lowest BCUT2D eigenvalue weighted by molar-refractivity contribution is 0.0827. The van der Waals surface area contributed by atoms with Gasteiger partial charge in [-0.05, 0) is 36.8 Å². The number of carbonyl (C=O) groups excluding carboxylic acids is 1. The van der Waals surface area contributed by atoms with E-state index in [1.807, 2.05) is 13.0 Å². The fourth-order valence-corrected chi connectivity index (χ4v) is 3.61. The highest BCUT2D eigenvalue weighted by atomic mass is 32.1. The van der Waals surface area contributed by atoms with Crippen LogP contribution in [-0.4, -0.2) is 61.2 Å². The Bertz CT molecular complexity index is 1090. The van der Waals surface area contributed by atoms with E-state index >= 15 is 0 Å². The van der Waals surface area contributed by atoms with E-state index in [0.717, 1.165) is 24.5 Å². The summed E-state index contributed by atoms with van der Waals surface area (Å²) < 4.78 is 18.8. The molecule has 0 spiro atoms. The van der Waals surface area contributed by atoms with Gasteiger partial charge in [0, 0.05) is 38.8 Å². The quantitative estimate of drug-likeness (QED) is 0.631. The minimum atomic E-state index is -0.277. The molecule has 0 unspecified atom stereocenters. The third-order valence-electron chi connectivity index (χ3n) is 5.37. The number of nitrogens with zero attached hydrogens (tertiary/aromatic N) is 4. The zero-order valence-electron chi connectivity index (χ0n) is 18.4. The molecule has 1 amide bonds. The van der Waals surface area contributed by atoms with Crippen molar-refractivity contribution in [3.05, 3.63) is 59.5 Å². The molecule has 1 atom stereocenters. The number of amides is 1. The summed E-state index contributed by atoms with van der Waals surface area (Å²) in [6.07, 6.45) is 1.74. The maximum Gasteiger partial charge on any atom is 0.253 e. The van der Waals surface area contributed by atoms with Crippen molar-refractivity contribution in [3.8, 4) is 0 Å². The van der Waals surface area contributed by atoms with E-state index in [4.69, 9.17) is 9.72 Å². The molecule has 4 rings (SSSR count). The number of anilines is 2. The third kappa shape index (κ3) is 5.11. The number of ether oxygens (including phenoxy) is 1. The van der Waals surface area contributed by atoms with Gasteiger partial charge in [0.15, 0.2) is 0 Å². The van der Waals surface area contributed by atoms with Gasteiger partial charge in [0.1, 0.15) is 17.2 Å². The van der Waals surface area contributed by atoms with Gasteiger partial charge in [-0.2, -0.15) is 13.5 Å². The zero-order valence-corrected chi connectivity index (χ0v) is 19.4. The number of aromatic nitrogens is 2. The van der Waals surface area contributed by atoms with Gasteiger partial charge in [-0.15, -0.1) is 0 Å². The summed E-state index contributed by atoms with van der Waals surface area (Å²) in [4.78, 5) is 25.8. The average Bonchev–Trinajstić information content (AvgIpc) is 2.79. The Morgan fingerprint density at radius 2 is 1.88 bits per heavy atom. The fourth-order valence-electron chi connectivity index (χ4n) is 3.61. The van der Waals surface area contributed by atoms with Crippen molar-refractivity contribution >= 4 is 41.9 Å². The van der Waals surface area contributed by atoms with E-state index < -0.39 is 0 Å². The molecule has 3 aromatic rings. The molecule has 9 heteroatoms. The van der Waals surface area contributed by atoms with Crippen molar-refractivity contribution in [1.29, 1.82) is 0 Å². The summed E-state index contributed by atoms with van der Waals surface area (Å²) in [6.45, 7) is 4.81. The van der Waals surface area contributed by atoms with Gasteiger partial charge in [0.05, 0.1) is 30.6 Å². The Hall–Kier alpha value is -2.91. The van der Waals surface area contributed by atoms with Gasteiger partial charge >= 0.3 is 0 Å². The summed E-state index contributed by atoms with van der Waals surface area (Å²) in [5.41, 5.74) is 3.49. The van der Waals surface area contributed by atoms with Crippen molar-refractivity contribution in [3.63, 3.8) is 0 Å². The first-order chi connectivity index (χ1) is 14.9. The van der Waals surface area contributed by atoms with Crippen molar-refractivity contribution in [2.24, 2.45) is 0 Å². The van der Waals surface area contributed by atoms with Gasteiger partial charge in [-0.1, -0.05) is 12.1 Å². The molecule has 0 radical (unpaired) electrons. The van der Waals surface area contributed by atoms with Crippen molar-refractivity contribution in [1.82, 2.24) is 14.9 Å². The van der Waals surface area contributed by atoms with Gasteiger partial charge < -0.3 is 19.9 Å². The number of rotatable bonds is 5. The van der Waals surface area contributed by atoms with Gasteiger partial charge in [0.2, 0.25) is 0 Å². The molecule has 170 valence electrons. The van der Waals surface area contributed by atoms with Crippen LogP contribution < -0.4 is 10.2 Å². The molecule has 1 aliphatic rings. The smallest absolute Gasteiger partial charge is 0.253 e. The summed E-state index contributed by atoms with van der Waals surface area (Å²) in [5.74, 6) is 0.388. The standard InChI is InChI=1S/C23H26FN5O2.H2S/c1-15(16-4-6-18(24)7-5-16)26-20-13-17(23(30)28(2)3)12-19-22(20)27-21(14-25-19)29-8-10-31-11-9-29;/h4-7,12-15,26H,8-11H2,1-3H3;1H2/t15-;/m0./s1. The summed E-state index contributed by atoms with van der Waals surface area (Å²) >= 11 is 0. The summed E-state index contributed by atoms with van der Waals surface area (Å²) in [5, 5.41) is 3.45. The van der Waals surface area contributed by atoms with Crippen LogP contribution in [0.15, 0.2) is 42.6 Å². The highest BCUT2D eigenvalue weighted by Crippen LogP contribution is 2.29. The van der Waals surface area contributed by atoms with Crippen molar-refractivity contribution in [2.45, 2.75) is 13.0 Å². The van der Waals surface area contributed by atoms with E-state index in [2.05, 4.69) is 15.2 Å². The molecular weight excluding hydrogens is 429 g/mol. The molecule has 0 saturated carbocycles. The molecular formula is C23H28FN5O2S. The second kappa shape index (κ2) is 10.1. The predicted molar refractivity (Wildman–Crippen MR) is 129 cm³/mol. The summed E-state index contributed by atoms with van der Waals surface area (Å²) in [7, 11) is 3.43. The minimum Gasteiger partial charge on any atom is -0.378 e. The van der Waals surface area contributed by atoms with E-state index in [1.165, 1.54) is 17.0 Å². The molecule has 0 aliphatic carbocycles. The van der Waals surface area contributed by atoms with Crippen LogP contribution in [0.2, 0.25) is 0 Å². The van der Waals surface area contributed by atoms with E-state index in [9.17, 15) is 9.18 Å². The predicted octanol–water partition coefficient (Wildman–Crippen LogP) is 3.59. The highest BCUT2D eigenvalue weighted by molar-refractivity contribution is 7.59. The van der Waals surface area contributed by atoms with Crippen LogP contribution in [0.3, 0.4) is 0 Å². The number of morpholine rings is 1. The van der Waals surface area contributed by atoms with Gasteiger partial charge in [0.25, 0.3) is 5.91 Å². The van der Waals surface area contributed by atoms with E-state index in [1.54, 1.807) is 38.5 Å². The van der Waals surface area contributed by atoms with Crippen LogP contribution in [-0.2, 0) is 4.74 Å². The molecule has 1 aromatic heterocycles. The molecule has 1 N–H and O–H groups in total. The zero-order chi connectivity index (χ0) is 22.0. The average molecular weight is 458 g/mol. The van der Waals surface area contributed by atoms with Crippen LogP contribution >= 0.6 is 13.5 Å². The molecule has 7 nitrogen and oxygen atoms in total.